The molecule has 3 amide bonds. The topological polar surface area (TPSA) is 108 Å². The lowest BCUT2D eigenvalue weighted by molar-refractivity contribution is -0.141. The first kappa shape index (κ1) is 28.7. The van der Waals surface area contributed by atoms with E-state index in [0.29, 0.717) is 57.6 Å². The third-order valence-electron chi connectivity index (χ3n) is 7.44. The third kappa shape index (κ3) is 6.32. The number of carbonyl (C=O) groups excluding carboxylic acids is 2. The standard InChI is InChI=1S/C27H37F2N5O5/c1-17(2)14-34(19-11-18(15-32(16-19)27(37)38)25(35)31-7-6-8-31)26(36)24-30-22-12-20(28)21(29)13-23(22)33(24)9-4-5-10-39-3/h12-13,17-19H,4-11,14-16H2,1-3H3,(H,37,38)/t18-,19+/m1/s1. The second-order valence-corrected chi connectivity index (χ2v) is 10.8. The monoisotopic (exact) mass is 549 g/mol. The summed E-state index contributed by atoms with van der Waals surface area (Å²) in [6.07, 6.45) is 1.42. The molecule has 1 aromatic carbocycles. The van der Waals surface area contributed by atoms with Crippen molar-refractivity contribution in [3.63, 3.8) is 0 Å². The van der Waals surface area contributed by atoms with E-state index < -0.39 is 35.6 Å². The molecule has 2 aliphatic rings. The molecule has 39 heavy (non-hydrogen) atoms. The number of nitrogens with zero attached hydrogens (tertiary/aromatic N) is 5. The molecule has 2 saturated heterocycles. The maximum atomic E-state index is 14.2. The minimum atomic E-state index is -1.14. The highest BCUT2D eigenvalue weighted by Crippen LogP contribution is 2.28. The maximum absolute atomic E-state index is 14.2. The van der Waals surface area contributed by atoms with Gasteiger partial charge in [-0.3, -0.25) is 9.59 Å². The fourth-order valence-corrected chi connectivity index (χ4v) is 5.37. The number of carboxylic acid groups (broad SMARTS) is 1. The highest BCUT2D eigenvalue weighted by atomic mass is 19.2. The van der Waals surface area contributed by atoms with E-state index in [1.807, 2.05) is 13.8 Å². The maximum Gasteiger partial charge on any atom is 0.407 e. The Morgan fingerprint density at radius 3 is 2.46 bits per heavy atom. The van der Waals surface area contributed by atoms with Crippen molar-refractivity contribution in [1.82, 2.24) is 24.3 Å². The molecule has 2 atom stereocenters. The number of imidazole rings is 1. The van der Waals surface area contributed by atoms with Gasteiger partial charge in [-0.05, 0) is 31.6 Å². The number of aryl methyl sites for hydroxylation is 1. The molecule has 2 aliphatic heterocycles. The summed E-state index contributed by atoms with van der Waals surface area (Å²) < 4.78 is 35.0. The average molecular weight is 550 g/mol. The van der Waals surface area contributed by atoms with Gasteiger partial charge in [0.15, 0.2) is 17.5 Å². The van der Waals surface area contributed by atoms with Crippen LogP contribution in [0.4, 0.5) is 13.6 Å². The zero-order valence-corrected chi connectivity index (χ0v) is 22.7. The lowest BCUT2D eigenvalue weighted by Gasteiger charge is -2.44. The molecule has 1 aromatic heterocycles. The number of aromatic nitrogens is 2. The van der Waals surface area contributed by atoms with Crippen LogP contribution < -0.4 is 0 Å². The first-order valence-corrected chi connectivity index (χ1v) is 13.5. The fraction of sp³-hybridized carbons (Fsp3) is 0.630. The number of hydrogen-bond donors (Lipinski definition) is 1. The predicted octanol–water partition coefficient (Wildman–Crippen LogP) is 3.44. The van der Waals surface area contributed by atoms with Crippen LogP contribution in [0.2, 0.25) is 0 Å². The molecule has 2 fully saturated rings. The molecule has 0 unspecified atom stereocenters. The molecule has 214 valence electrons. The van der Waals surface area contributed by atoms with Crippen LogP contribution in [0, 0.1) is 23.5 Å². The zero-order chi connectivity index (χ0) is 28.3. The smallest absolute Gasteiger partial charge is 0.407 e. The molecule has 10 nitrogen and oxygen atoms in total. The van der Waals surface area contributed by atoms with Gasteiger partial charge in [-0.1, -0.05) is 13.8 Å². The van der Waals surface area contributed by atoms with E-state index in [1.165, 1.54) is 4.90 Å². The molecule has 0 saturated carbocycles. The number of likely N-dealkylation sites (tertiary alicyclic amines) is 2. The number of benzene rings is 1. The summed E-state index contributed by atoms with van der Waals surface area (Å²) in [5, 5.41) is 9.82. The van der Waals surface area contributed by atoms with Gasteiger partial charge in [-0.25, -0.2) is 18.6 Å². The van der Waals surface area contributed by atoms with Crippen LogP contribution in [0.25, 0.3) is 11.0 Å². The molecular weight excluding hydrogens is 512 g/mol. The van der Waals surface area contributed by atoms with Crippen molar-refractivity contribution >= 4 is 28.9 Å². The molecule has 0 aliphatic carbocycles. The Morgan fingerprint density at radius 1 is 1.13 bits per heavy atom. The number of halogens is 2. The molecule has 0 spiro atoms. The molecule has 0 bridgehead atoms. The van der Waals surface area contributed by atoms with Crippen molar-refractivity contribution in [2.24, 2.45) is 11.8 Å². The van der Waals surface area contributed by atoms with E-state index in [-0.39, 0.29) is 36.3 Å². The Balaban J connectivity index is 1.70. The van der Waals surface area contributed by atoms with Crippen LogP contribution in [0.3, 0.4) is 0 Å². The number of amides is 3. The van der Waals surface area contributed by atoms with E-state index in [4.69, 9.17) is 4.74 Å². The number of ether oxygens (including phenoxy) is 1. The summed E-state index contributed by atoms with van der Waals surface area (Å²) in [7, 11) is 1.59. The van der Waals surface area contributed by atoms with Crippen LogP contribution in [0.5, 0.6) is 0 Å². The number of unbranched alkanes of at least 4 members (excludes halogenated alkanes) is 1. The minimum absolute atomic E-state index is 0.0335. The summed E-state index contributed by atoms with van der Waals surface area (Å²) in [4.78, 5) is 48.2. The van der Waals surface area contributed by atoms with Crippen molar-refractivity contribution < 1.29 is 33.0 Å². The first-order chi connectivity index (χ1) is 18.6. The Bertz CT molecular complexity index is 1210. The van der Waals surface area contributed by atoms with Gasteiger partial charge in [0, 0.05) is 65.1 Å². The number of rotatable bonds is 10. The fourth-order valence-electron chi connectivity index (χ4n) is 5.37. The normalized spacial score (nSPS) is 19.4. The number of fused-ring (bicyclic) bond motifs is 1. The Kier molecular flexibility index (Phi) is 9.04. The minimum Gasteiger partial charge on any atom is -0.465 e. The molecule has 4 rings (SSSR count). The Morgan fingerprint density at radius 2 is 1.85 bits per heavy atom. The SMILES string of the molecule is COCCCCn1c(C(=O)N(CC(C)C)[C@H]2C[C@@H](C(=O)N3CCC3)CN(C(=O)O)C2)nc2cc(F)c(F)cc21. The van der Waals surface area contributed by atoms with E-state index in [9.17, 15) is 28.3 Å². The molecular formula is C27H37F2N5O5. The lowest BCUT2D eigenvalue weighted by Crippen LogP contribution is -2.58. The number of carbonyl (C=O) groups is 3. The molecule has 12 heteroatoms. The third-order valence-corrected chi connectivity index (χ3v) is 7.44. The van der Waals surface area contributed by atoms with Crippen LogP contribution in [0.15, 0.2) is 12.1 Å². The lowest BCUT2D eigenvalue weighted by atomic mass is 9.90. The predicted molar refractivity (Wildman–Crippen MR) is 139 cm³/mol. The number of hydrogen-bond acceptors (Lipinski definition) is 5. The summed E-state index contributed by atoms with van der Waals surface area (Å²) in [5.41, 5.74) is 0.468. The van der Waals surface area contributed by atoms with Crippen LogP contribution in [-0.2, 0) is 16.1 Å². The highest BCUT2D eigenvalue weighted by Gasteiger charge is 2.41. The van der Waals surface area contributed by atoms with Gasteiger partial charge in [0.05, 0.1) is 23.0 Å². The van der Waals surface area contributed by atoms with E-state index in [2.05, 4.69) is 4.98 Å². The van der Waals surface area contributed by atoms with Crippen molar-refractivity contribution in [2.45, 2.75) is 52.1 Å². The second-order valence-electron chi connectivity index (χ2n) is 10.8. The van der Waals surface area contributed by atoms with Crippen LogP contribution >= 0.6 is 0 Å². The summed E-state index contributed by atoms with van der Waals surface area (Å²) in [5.74, 6) is -3.13. The van der Waals surface area contributed by atoms with Crippen molar-refractivity contribution in [3.05, 3.63) is 29.6 Å². The Labute approximate surface area is 226 Å². The summed E-state index contributed by atoms with van der Waals surface area (Å²) in [6.45, 7) is 6.50. The highest BCUT2D eigenvalue weighted by molar-refractivity contribution is 5.95. The van der Waals surface area contributed by atoms with Crippen molar-refractivity contribution in [2.75, 3.05) is 46.4 Å². The molecule has 1 N–H and O–H groups in total. The zero-order valence-electron chi connectivity index (χ0n) is 22.7. The van der Waals surface area contributed by atoms with E-state index >= 15 is 0 Å². The molecule has 0 radical (unpaired) electrons. The Hall–Kier alpha value is -3.28. The quantitative estimate of drug-likeness (QED) is 0.455. The van der Waals surface area contributed by atoms with Gasteiger partial charge in [0.25, 0.3) is 5.91 Å². The van der Waals surface area contributed by atoms with Gasteiger partial charge < -0.3 is 29.1 Å². The average Bonchev–Trinajstić information content (AvgIpc) is 3.20. The van der Waals surface area contributed by atoms with Gasteiger partial charge in [-0.2, -0.15) is 0 Å². The van der Waals surface area contributed by atoms with E-state index in [0.717, 1.165) is 18.6 Å². The second kappa shape index (κ2) is 12.3. The van der Waals surface area contributed by atoms with E-state index in [1.54, 1.807) is 21.5 Å². The van der Waals surface area contributed by atoms with Gasteiger partial charge in [-0.15, -0.1) is 0 Å². The molecule has 3 heterocycles. The first-order valence-electron chi connectivity index (χ1n) is 13.5. The van der Waals surface area contributed by atoms with Crippen molar-refractivity contribution in [1.29, 1.82) is 0 Å². The number of piperidine rings is 1. The van der Waals surface area contributed by atoms with Crippen LogP contribution in [0.1, 0.15) is 50.1 Å². The largest absolute Gasteiger partial charge is 0.465 e. The van der Waals surface area contributed by atoms with Crippen LogP contribution in [-0.4, -0.2) is 99.7 Å². The van der Waals surface area contributed by atoms with Crippen molar-refractivity contribution in [3.8, 4) is 0 Å². The summed E-state index contributed by atoms with van der Waals surface area (Å²) >= 11 is 0. The number of methoxy groups -OCH3 is 1. The van der Waals surface area contributed by atoms with Gasteiger partial charge in [0.2, 0.25) is 5.91 Å². The van der Waals surface area contributed by atoms with Gasteiger partial charge >= 0.3 is 6.09 Å². The summed E-state index contributed by atoms with van der Waals surface area (Å²) in [6, 6.07) is 1.47. The van der Waals surface area contributed by atoms with Gasteiger partial charge in [0.1, 0.15) is 0 Å². The molecule has 2 aromatic rings.